The maximum atomic E-state index is 5.81. The molecule has 0 bridgehead atoms. The molecule has 1 fully saturated rings. The summed E-state index contributed by atoms with van der Waals surface area (Å²) in [6, 6.07) is 11.7. The summed E-state index contributed by atoms with van der Waals surface area (Å²) in [7, 11) is 2.06. The van der Waals surface area contributed by atoms with Crippen molar-refractivity contribution in [1.29, 1.82) is 0 Å². The van der Waals surface area contributed by atoms with E-state index in [1.165, 1.54) is 5.56 Å². The van der Waals surface area contributed by atoms with E-state index in [2.05, 4.69) is 68.4 Å². The molecule has 4 unspecified atom stereocenters. The monoisotopic (exact) mass is 290 g/mol. The molecule has 0 aliphatic carbocycles. The van der Waals surface area contributed by atoms with Crippen molar-refractivity contribution in [2.45, 2.75) is 45.4 Å². The third-order valence-electron chi connectivity index (χ3n) is 4.61. The van der Waals surface area contributed by atoms with Crippen molar-refractivity contribution in [3.05, 3.63) is 35.9 Å². The van der Waals surface area contributed by atoms with Crippen LogP contribution in [0.3, 0.4) is 0 Å². The van der Waals surface area contributed by atoms with Crippen molar-refractivity contribution >= 4 is 0 Å². The Morgan fingerprint density at radius 3 is 2.67 bits per heavy atom. The summed E-state index contributed by atoms with van der Waals surface area (Å²) in [5, 5.41) is 3.49. The molecule has 1 aromatic rings. The number of rotatable bonds is 6. The van der Waals surface area contributed by atoms with E-state index < -0.39 is 0 Å². The normalized spacial score (nSPS) is 26.5. The van der Waals surface area contributed by atoms with Gasteiger partial charge in [0, 0.05) is 25.2 Å². The van der Waals surface area contributed by atoms with Crippen LogP contribution in [0.15, 0.2) is 30.3 Å². The quantitative estimate of drug-likeness (QED) is 0.871. The van der Waals surface area contributed by atoms with Crippen molar-refractivity contribution in [3.8, 4) is 0 Å². The second kappa shape index (κ2) is 7.92. The first-order chi connectivity index (χ1) is 10.2. The molecule has 2 rings (SSSR count). The molecule has 1 aromatic carbocycles. The van der Waals surface area contributed by atoms with Crippen molar-refractivity contribution in [2.24, 2.45) is 5.92 Å². The standard InChI is InChI=1S/C18H30N2O/c1-5-17-13-21-15(3)12-20(17)11-14(2)18(19-4)16-9-7-6-8-10-16/h6-10,14-15,17-19H,5,11-13H2,1-4H3. The first kappa shape index (κ1) is 16.5. The Morgan fingerprint density at radius 1 is 1.33 bits per heavy atom. The summed E-state index contributed by atoms with van der Waals surface area (Å²) < 4.78 is 5.81. The van der Waals surface area contributed by atoms with Gasteiger partial charge in [-0.15, -0.1) is 0 Å². The predicted molar refractivity (Wildman–Crippen MR) is 88.5 cm³/mol. The van der Waals surface area contributed by atoms with Crippen molar-refractivity contribution < 1.29 is 4.74 Å². The fourth-order valence-electron chi connectivity index (χ4n) is 3.43. The SMILES string of the molecule is CCC1COC(C)CN1CC(C)C(NC)c1ccccc1. The van der Waals surface area contributed by atoms with Crippen LogP contribution in [-0.2, 0) is 4.74 Å². The smallest absolute Gasteiger partial charge is 0.0674 e. The highest BCUT2D eigenvalue weighted by Crippen LogP contribution is 2.25. The summed E-state index contributed by atoms with van der Waals surface area (Å²) in [5.41, 5.74) is 1.38. The highest BCUT2D eigenvalue weighted by Gasteiger charge is 2.28. The number of hydrogen-bond acceptors (Lipinski definition) is 3. The van der Waals surface area contributed by atoms with Gasteiger partial charge in [0.05, 0.1) is 12.7 Å². The molecular formula is C18H30N2O. The van der Waals surface area contributed by atoms with E-state index in [1.54, 1.807) is 0 Å². The maximum Gasteiger partial charge on any atom is 0.0674 e. The van der Waals surface area contributed by atoms with Gasteiger partial charge in [-0.25, -0.2) is 0 Å². The van der Waals surface area contributed by atoms with Gasteiger partial charge in [-0.05, 0) is 31.9 Å². The Labute approximate surface area is 129 Å². The lowest BCUT2D eigenvalue weighted by atomic mass is 9.93. The fourth-order valence-corrected chi connectivity index (χ4v) is 3.43. The molecule has 0 saturated carbocycles. The van der Waals surface area contributed by atoms with Crippen LogP contribution >= 0.6 is 0 Å². The Morgan fingerprint density at radius 2 is 2.05 bits per heavy atom. The molecule has 21 heavy (non-hydrogen) atoms. The summed E-state index contributed by atoms with van der Waals surface area (Å²) in [6.45, 7) is 9.83. The number of ether oxygens (including phenoxy) is 1. The van der Waals surface area contributed by atoms with Crippen LogP contribution in [0.25, 0.3) is 0 Å². The van der Waals surface area contributed by atoms with Crippen LogP contribution < -0.4 is 5.32 Å². The van der Waals surface area contributed by atoms with Gasteiger partial charge in [-0.2, -0.15) is 0 Å². The van der Waals surface area contributed by atoms with E-state index in [-0.39, 0.29) is 0 Å². The Kier molecular flexibility index (Phi) is 6.22. The number of benzene rings is 1. The number of morpholine rings is 1. The molecule has 1 aliphatic rings. The molecule has 1 saturated heterocycles. The Bertz CT molecular complexity index is 409. The lowest BCUT2D eigenvalue weighted by Gasteiger charge is -2.40. The van der Waals surface area contributed by atoms with Crippen LogP contribution in [0, 0.1) is 5.92 Å². The second-order valence-corrected chi connectivity index (χ2v) is 6.31. The third-order valence-corrected chi connectivity index (χ3v) is 4.61. The zero-order valence-corrected chi connectivity index (χ0v) is 13.9. The highest BCUT2D eigenvalue weighted by atomic mass is 16.5. The molecule has 0 amide bonds. The fraction of sp³-hybridized carbons (Fsp3) is 0.667. The minimum absolute atomic E-state index is 0.352. The molecule has 0 radical (unpaired) electrons. The average Bonchev–Trinajstić information content (AvgIpc) is 2.49. The minimum Gasteiger partial charge on any atom is -0.376 e. The molecule has 0 spiro atoms. The topological polar surface area (TPSA) is 24.5 Å². The van der Waals surface area contributed by atoms with Crippen molar-refractivity contribution in [1.82, 2.24) is 10.2 Å². The Balaban J connectivity index is 2.02. The van der Waals surface area contributed by atoms with E-state index in [9.17, 15) is 0 Å². The van der Waals surface area contributed by atoms with Gasteiger partial charge < -0.3 is 10.1 Å². The van der Waals surface area contributed by atoms with Gasteiger partial charge in [0.15, 0.2) is 0 Å². The largest absolute Gasteiger partial charge is 0.376 e. The first-order valence-corrected chi connectivity index (χ1v) is 8.23. The zero-order chi connectivity index (χ0) is 15.2. The van der Waals surface area contributed by atoms with Crippen LogP contribution in [0.4, 0.5) is 0 Å². The van der Waals surface area contributed by atoms with Gasteiger partial charge in [0.25, 0.3) is 0 Å². The van der Waals surface area contributed by atoms with Crippen LogP contribution in [0.1, 0.15) is 38.8 Å². The minimum atomic E-state index is 0.352. The van der Waals surface area contributed by atoms with Crippen LogP contribution in [0.2, 0.25) is 0 Å². The van der Waals surface area contributed by atoms with Gasteiger partial charge in [0.1, 0.15) is 0 Å². The molecule has 118 valence electrons. The lowest BCUT2D eigenvalue weighted by Crippen LogP contribution is -2.50. The first-order valence-electron chi connectivity index (χ1n) is 8.23. The number of nitrogens with one attached hydrogen (secondary N) is 1. The Hall–Kier alpha value is -0.900. The predicted octanol–water partition coefficient (Wildman–Crippen LogP) is 3.08. The number of hydrogen-bond donors (Lipinski definition) is 1. The zero-order valence-electron chi connectivity index (χ0n) is 13.9. The molecule has 4 atom stereocenters. The summed E-state index contributed by atoms with van der Waals surface area (Å²) in [4.78, 5) is 2.62. The van der Waals surface area contributed by atoms with Crippen LogP contribution in [0.5, 0.6) is 0 Å². The van der Waals surface area contributed by atoms with E-state index in [0.29, 0.717) is 24.1 Å². The molecular weight excluding hydrogens is 260 g/mol. The van der Waals surface area contributed by atoms with Crippen molar-refractivity contribution in [2.75, 3.05) is 26.7 Å². The van der Waals surface area contributed by atoms with E-state index >= 15 is 0 Å². The highest BCUT2D eigenvalue weighted by molar-refractivity contribution is 5.19. The van der Waals surface area contributed by atoms with Gasteiger partial charge in [-0.3, -0.25) is 4.90 Å². The molecule has 0 aromatic heterocycles. The molecule has 1 N–H and O–H groups in total. The average molecular weight is 290 g/mol. The lowest BCUT2D eigenvalue weighted by molar-refractivity contribution is -0.0613. The van der Waals surface area contributed by atoms with Crippen molar-refractivity contribution in [3.63, 3.8) is 0 Å². The van der Waals surface area contributed by atoms with E-state index in [4.69, 9.17) is 4.74 Å². The summed E-state index contributed by atoms with van der Waals surface area (Å²) in [6.07, 6.45) is 1.51. The third kappa shape index (κ3) is 4.29. The summed E-state index contributed by atoms with van der Waals surface area (Å²) >= 11 is 0. The number of nitrogens with zero attached hydrogens (tertiary/aromatic N) is 1. The van der Waals surface area contributed by atoms with Gasteiger partial charge in [-0.1, -0.05) is 44.2 Å². The van der Waals surface area contributed by atoms with Gasteiger partial charge in [0.2, 0.25) is 0 Å². The van der Waals surface area contributed by atoms with E-state index in [1.807, 2.05) is 0 Å². The molecule has 3 heteroatoms. The van der Waals surface area contributed by atoms with E-state index in [0.717, 1.165) is 26.1 Å². The molecule has 1 aliphatic heterocycles. The molecule has 1 heterocycles. The van der Waals surface area contributed by atoms with Crippen LogP contribution in [-0.4, -0.2) is 43.8 Å². The maximum absolute atomic E-state index is 5.81. The van der Waals surface area contributed by atoms with Gasteiger partial charge >= 0.3 is 0 Å². The summed E-state index contributed by atoms with van der Waals surface area (Å²) in [5.74, 6) is 0.566. The second-order valence-electron chi connectivity index (χ2n) is 6.31. The molecule has 3 nitrogen and oxygen atoms in total.